The molecule has 0 atom stereocenters. The van der Waals surface area contributed by atoms with Gasteiger partial charge < -0.3 is 5.32 Å². The van der Waals surface area contributed by atoms with Gasteiger partial charge in [0.25, 0.3) is 0 Å². The van der Waals surface area contributed by atoms with Crippen molar-refractivity contribution < 1.29 is 0 Å². The molecule has 1 heterocycles. The Morgan fingerprint density at radius 2 is 2.00 bits per heavy atom. The Kier molecular flexibility index (Phi) is 4.43. The molecule has 0 saturated heterocycles. The summed E-state index contributed by atoms with van der Waals surface area (Å²) in [7, 11) is 0. The molecule has 1 fully saturated rings. The van der Waals surface area contributed by atoms with Crippen molar-refractivity contribution in [1.29, 1.82) is 0 Å². The topological polar surface area (TPSA) is 42.7 Å². The van der Waals surface area contributed by atoms with Gasteiger partial charge in [-0.25, -0.2) is 0 Å². The maximum atomic E-state index is 4.20. The summed E-state index contributed by atoms with van der Waals surface area (Å²) in [5, 5.41) is 11.8. The van der Waals surface area contributed by atoms with Gasteiger partial charge >= 0.3 is 0 Å². The number of hydrogen-bond acceptors (Lipinski definition) is 3. The lowest BCUT2D eigenvalue weighted by atomic mass is 10.1. The lowest BCUT2D eigenvalue weighted by molar-refractivity contribution is 0.541. The second-order valence-corrected chi connectivity index (χ2v) is 5.57. The van der Waals surface area contributed by atoms with Crippen molar-refractivity contribution in [1.82, 2.24) is 20.3 Å². The smallest absolute Gasteiger partial charge is 0.0964 e. The molecule has 0 radical (unpaired) electrons. The van der Waals surface area contributed by atoms with Crippen LogP contribution in [0.5, 0.6) is 0 Å². The van der Waals surface area contributed by atoms with Crippen LogP contribution in [0.15, 0.2) is 36.5 Å². The van der Waals surface area contributed by atoms with Crippen LogP contribution in [0.2, 0.25) is 0 Å². The summed E-state index contributed by atoms with van der Waals surface area (Å²) >= 11 is 0. The number of unbranched alkanes of at least 4 members (excludes halogenated alkanes) is 1. The minimum absolute atomic E-state index is 0.728. The fourth-order valence-corrected chi connectivity index (χ4v) is 2.31. The van der Waals surface area contributed by atoms with Crippen LogP contribution in [-0.4, -0.2) is 21.0 Å². The maximum absolute atomic E-state index is 4.20. The summed E-state index contributed by atoms with van der Waals surface area (Å²) in [6.07, 6.45) is 8.18. The zero-order chi connectivity index (χ0) is 13.6. The van der Waals surface area contributed by atoms with Gasteiger partial charge in [0, 0.05) is 25.3 Å². The third-order valence-corrected chi connectivity index (χ3v) is 3.68. The van der Waals surface area contributed by atoms with Crippen molar-refractivity contribution in [3.05, 3.63) is 47.8 Å². The van der Waals surface area contributed by atoms with E-state index in [0.717, 1.165) is 37.7 Å². The summed E-state index contributed by atoms with van der Waals surface area (Å²) in [6.45, 7) is 1.82. The SMILES string of the molecule is c1ccc(CCCCn2cc(CNC3CC3)nn2)cc1. The normalized spacial score (nSPS) is 14.6. The van der Waals surface area contributed by atoms with E-state index < -0.39 is 0 Å². The van der Waals surface area contributed by atoms with Crippen molar-refractivity contribution in [2.24, 2.45) is 0 Å². The van der Waals surface area contributed by atoms with Crippen LogP contribution in [0.4, 0.5) is 0 Å². The molecule has 1 aromatic heterocycles. The Morgan fingerprint density at radius 1 is 1.15 bits per heavy atom. The summed E-state index contributed by atoms with van der Waals surface area (Å²) in [5.41, 5.74) is 2.47. The molecule has 0 aliphatic heterocycles. The lowest BCUT2D eigenvalue weighted by Crippen LogP contribution is -2.15. The van der Waals surface area contributed by atoms with E-state index in [9.17, 15) is 0 Å². The fraction of sp³-hybridized carbons (Fsp3) is 0.500. The lowest BCUT2D eigenvalue weighted by Gasteiger charge is -2.01. The van der Waals surface area contributed by atoms with Gasteiger partial charge in [0.1, 0.15) is 0 Å². The van der Waals surface area contributed by atoms with Crippen LogP contribution in [0, 0.1) is 0 Å². The van der Waals surface area contributed by atoms with Crippen LogP contribution in [0.3, 0.4) is 0 Å². The average Bonchev–Trinajstić information content (AvgIpc) is 3.21. The molecule has 3 rings (SSSR count). The highest BCUT2D eigenvalue weighted by Gasteiger charge is 2.20. The Balaban J connectivity index is 1.35. The number of aromatic nitrogens is 3. The van der Waals surface area contributed by atoms with E-state index in [1.165, 1.54) is 24.8 Å². The third kappa shape index (κ3) is 4.17. The number of rotatable bonds is 8. The molecule has 20 heavy (non-hydrogen) atoms. The number of benzene rings is 1. The van der Waals surface area contributed by atoms with Gasteiger partial charge in [-0.1, -0.05) is 35.5 Å². The zero-order valence-corrected chi connectivity index (χ0v) is 11.8. The zero-order valence-electron chi connectivity index (χ0n) is 11.8. The van der Waals surface area contributed by atoms with Gasteiger partial charge in [-0.15, -0.1) is 5.10 Å². The molecule has 0 spiro atoms. The molecule has 0 bridgehead atoms. The molecule has 0 amide bonds. The summed E-state index contributed by atoms with van der Waals surface area (Å²) in [4.78, 5) is 0. The van der Waals surface area contributed by atoms with Crippen molar-refractivity contribution in [2.75, 3.05) is 0 Å². The quantitative estimate of drug-likeness (QED) is 0.750. The largest absolute Gasteiger partial charge is 0.308 e. The van der Waals surface area contributed by atoms with Crippen molar-refractivity contribution in [2.45, 2.75) is 51.2 Å². The van der Waals surface area contributed by atoms with Gasteiger partial charge in [-0.3, -0.25) is 4.68 Å². The molecule has 1 aliphatic carbocycles. The molecule has 4 heteroatoms. The molecule has 1 N–H and O–H groups in total. The van der Waals surface area contributed by atoms with Crippen LogP contribution in [0.1, 0.15) is 36.9 Å². The van der Waals surface area contributed by atoms with Crippen LogP contribution >= 0.6 is 0 Å². The van der Waals surface area contributed by atoms with E-state index >= 15 is 0 Å². The van der Waals surface area contributed by atoms with Gasteiger partial charge in [0.2, 0.25) is 0 Å². The highest BCUT2D eigenvalue weighted by molar-refractivity contribution is 5.14. The molecular formula is C16H22N4. The molecule has 1 aliphatic rings. The summed E-state index contributed by atoms with van der Waals surface area (Å²) in [5.74, 6) is 0. The Labute approximate surface area is 120 Å². The predicted molar refractivity (Wildman–Crippen MR) is 79.3 cm³/mol. The van der Waals surface area contributed by atoms with E-state index in [4.69, 9.17) is 0 Å². The second-order valence-electron chi connectivity index (χ2n) is 5.57. The highest BCUT2D eigenvalue weighted by Crippen LogP contribution is 2.18. The number of nitrogens with one attached hydrogen (secondary N) is 1. The van der Waals surface area contributed by atoms with Crippen LogP contribution < -0.4 is 5.32 Å². The number of hydrogen-bond donors (Lipinski definition) is 1. The van der Waals surface area contributed by atoms with Gasteiger partial charge in [0.15, 0.2) is 0 Å². The molecule has 106 valence electrons. The summed E-state index contributed by atoms with van der Waals surface area (Å²) < 4.78 is 1.97. The average molecular weight is 270 g/mol. The Morgan fingerprint density at radius 3 is 2.80 bits per heavy atom. The van der Waals surface area contributed by atoms with Crippen LogP contribution in [0.25, 0.3) is 0 Å². The standard InChI is InChI=1S/C16H22N4/c1-2-6-14(7-3-1)8-4-5-11-20-13-16(18-19-20)12-17-15-9-10-15/h1-3,6-7,13,15,17H,4-5,8-12H2. The van der Waals surface area contributed by atoms with E-state index in [1.807, 2.05) is 4.68 Å². The molecule has 1 saturated carbocycles. The van der Waals surface area contributed by atoms with Gasteiger partial charge in [0.05, 0.1) is 5.69 Å². The first kappa shape index (κ1) is 13.3. The van der Waals surface area contributed by atoms with E-state index in [-0.39, 0.29) is 0 Å². The minimum Gasteiger partial charge on any atom is -0.308 e. The van der Waals surface area contributed by atoms with Crippen molar-refractivity contribution in [3.8, 4) is 0 Å². The molecule has 0 unspecified atom stereocenters. The first-order valence-electron chi connectivity index (χ1n) is 7.56. The van der Waals surface area contributed by atoms with Gasteiger partial charge in [-0.2, -0.15) is 0 Å². The van der Waals surface area contributed by atoms with E-state index in [0.29, 0.717) is 0 Å². The summed E-state index contributed by atoms with van der Waals surface area (Å²) in [6, 6.07) is 11.4. The monoisotopic (exact) mass is 270 g/mol. The molecule has 2 aromatic rings. The van der Waals surface area contributed by atoms with E-state index in [1.54, 1.807) is 0 Å². The van der Waals surface area contributed by atoms with E-state index in [2.05, 4.69) is 52.2 Å². The highest BCUT2D eigenvalue weighted by atomic mass is 15.4. The second kappa shape index (κ2) is 6.66. The third-order valence-electron chi connectivity index (χ3n) is 3.68. The first-order chi connectivity index (χ1) is 9.90. The minimum atomic E-state index is 0.728. The van der Waals surface area contributed by atoms with Crippen LogP contribution in [-0.2, 0) is 19.5 Å². The number of aryl methyl sites for hydroxylation is 2. The Hall–Kier alpha value is -1.68. The van der Waals surface area contributed by atoms with Gasteiger partial charge in [-0.05, 0) is 37.7 Å². The molecule has 1 aromatic carbocycles. The molecule has 4 nitrogen and oxygen atoms in total. The molecular weight excluding hydrogens is 248 g/mol. The van der Waals surface area contributed by atoms with Crippen molar-refractivity contribution >= 4 is 0 Å². The fourth-order valence-electron chi connectivity index (χ4n) is 2.31. The Bertz CT molecular complexity index is 516. The first-order valence-corrected chi connectivity index (χ1v) is 7.56. The predicted octanol–water partition coefficient (Wildman–Crippen LogP) is 2.55. The number of nitrogens with zero attached hydrogens (tertiary/aromatic N) is 3. The maximum Gasteiger partial charge on any atom is 0.0964 e. The van der Waals surface area contributed by atoms with Crippen molar-refractivity contribution in [3.63, 3.8) is 0 Å².